The van der Waals surface area contributed by atoms with Gasteiger partial charge in [-0.15, -0.1) is 11.3 Å². The molecule has 0 unspecified atom stereocenters. The fourth-order valence-electron chi connectivity index (χ4n) is 1.81. The van der Waals surface area contributed by atoms with Gasteiger partial charge in [0.05, 0.1) is 15.2 Å². The Hall–Kier alpha value is -0.190. The first-order valence-electron chi connectivity index (χ1n) is 5.57. The lowest BCUT2D eigenvalue weighted by Gasteiger charge is -2.24. The quantitative estimate of drug-likeness (QED) is 0.745. The monoisotopic (exact) mass is 303 g/mol. The lowest BCUT2D eigenvalue weighted by atomic mass is 10.1. The molecule has 0 bridgehead atoms. The van der Waals surface area contributed by atoms with Gasteiger partial charge in [-0.25, -0.2) is 0 Å². The molecule has 0 N–H and O–H groups in total. The van der Waals surface area contributed by atoms with Crippen LogP contribution in [0.15, 0.2) is 15.9 Å². The van der Waals surface area contributed by atoms with Crippen molar-refractivity contribution < 1.29 is 4.79 Å². The number of carbonyl (C=O) groups excluding carboxylic acids is 1. The maximum Gasteiger partial charge on any atom is 0.186 e. The highest BCUT2D eigenvalue weighted by Crippen LogP contribution is 2.22. The van der Waals surface area contributed by atoms with Gasteiger partial charge in [-0.2, -0.15) is 0 Å². The zero-order chi connectivity index (χ0) is 12.1. The first kappa shape index (κ1) is 13.9. The van der Waals surface area contributed by atoms with E-state index in [1.807, 2.05) is 19.2 Å². The van der Waals surface area contributed by atoms with Crippen molar-refractivity contribution in [3.8, 4) is 0 Å². The standard InChI is InChI=1S/C12H18BrNOS/c1-4-9(5-2)14(3)8-10(15)11-6-7-12(13)16-11/h6-7,9H,4-5,8H2,1-3H3. The second-order valence-electron chi connectivity index (χ2n) is 3.91. The SMILES string of the molecule is CCC(CC)N(C)CC(=O)c1ccc(Br)s1. The molecule has 0 aliphatic heterocycles. The molecular weight excluding hydrogens is 286 g/mol. The number of nitrogens with zero attached hydrogens (tertiary/aromatic N) is 1. The second kappa shape index (κ2) is 6.52. The molecule has 0 fully saturated rings. The van der Waals surface area contributed by atoms with Crippen molar-refractivity contribution in [3.63, 3.8) is 0 Å². The predicted octanol–water partition coefficient (Wildman–Crippen LogP) is 3.81. The Labute approximate surface area is 110 Å². The van der Waals surface area contributed by atoms with E-state index in [1.54, 1.807) is 0 Å². The summed E-state index contributed by atoms with van der Waals surface area (Å²) in [5.74, 6) is 0.213. The largest absolute Gasteiger partial charge is 0.296 e. The Morgan fingerprint density at radius 1 is 1.44 bits per heavy atom. The van der Waals surface area contributed by atoms with E-state index in [0.717, 1.165) is 21.5 Å². The Bertz CT molecular complexity index is 347. The number of hydrogen-bond donors (Lipinski definition) is 0. The first-order chi connectivity index (χ1) is 7.58. The van der Waals surface area contributed by atoms with Crippen LogP contribution in [0.3, 0.4) is 0 Å². The summed E-state index contributed by atoms with van der Waals surface area (Å²) in [4.78, 5) is 14.9. The van der Waals surface area contributed by atoms with E-state index in [4.69, 9.17) is 0 Å². The van der Waals surface area contributed by atoms with E-state index in [0.29, 0.717) is 12.6 Å². The molecule has 2 nitrogen and oxygen atoms in total. The predicted molar refractivity (Wildman–Crippen MR) is 73.3 cm³/mol. The minimum absolute atomic E-state index is 0.213. The van der Waals surface area contributed by atoms with Crippen molar-refractivity contribution in [2.45, 2.75) is 32.7 Å². The molecule has 0 amide bonds. The van der Waals surface area contributed by atoms with Crippen LogP contribution in [-0.2, 0) is 0 Å². The number of halogens is 1. The first-order valence-corrected chi connectivity index (χ1v) is 7.18. The van der Waals surface area contributed by atoms with E-state index in [2.05, 4.69) is 34.7 Å². The summed E-state index contributed by atoms with van der Waals surface area (Å²) in [7, 11) is 2.03. The van der Waals surface area contributed by atoms with E-state index in [-0.39, 0.29) is 5.78 Å². The summed E-state index contributed by atoms with van der Waals surface area (Å²) in [5.41, 5.74) is 0. The van der Waals surface area contributed by atoms with Crippen LogP contribution in [0.5, 0.6) is 0 Å². The van der Waals surface area contributed by atoms with Gasteiger partial charge in [-0.3, -0.25) is 9.69 Å². The summed E-state index contributed by atoms with van der Waals surface area (Å²) in [6, 6.07) is 4.32. The van der Waals surface area contributed by atoms with Crippen LogP contribution < -0.4 is 0 Å². The van der Waals surface area contributed by atoms with Crippen LogP contribution in [0, 0.1) is 0 Å². The third-order valence-electron chi connectivity index (χ3n) is 2.81. The molecule has 0 aliphatic rings. The fourth-order valence-corrected chi connectivity index (χ4v) is 3.13. The Balaban J connectivity index is 2.57. The number of rotatable bonds is 6. The maximum absolute atomic E-state index is 12.0. The minimum Gasteiger partial charge on any atom is -0.296 e. The van der Waals surface area contributed by atoms with Crippen molar-refractivity contribution in [3.05, 3.63) is 20.8 Å². The number of Topliss-reactive ketones (excluding diaryl/α,β-unsaturated/α-hetero) is 1. The molecule has 1 heterocycles. The van der Waals surface area contributed by atoms with Crippen LogP contribution in [-0.4, -0.2) is 30.3 Å². The Morgan fingerprint density at radius 3 is 2.50 bits per heavy atom. The number of likely N-dealkylation sites (N-methyl/N-ethyl adjacent to an activating group) is 1. The number of thiophene rings is 1. The second-order valence-corrected chi connectivity index (χ2v) is 6.38. The lowest BCUT2D eigenvalue weighted by molar-refractivity contribution is 0.0919. The third kappa shape index (κ3) is 3.68. The highest BCUT2D eigenvalue weighted by Gasteiger charge is 2.16. The average Bonchev–Trinajstić information content (AvgIpc) is 2.66. The van der Waals surface area contributed by atoms with Crippen molar-refractivity contribution in [2.24, 2.45) is 0 Å². The van der Waals surface area contributed by atoms with Gasteiger partial charge in [-0.1, -0.05) is 13.8 Å². The van der Waals surface area contributed by atoms with Crippen LogP contribution in [0.25, 0.3) is 0 Å². The molecule has 4 heteroatoms. The zero-order valence-electron chi connectivity index (χ0n) is 10.00. The zero-order valence-corrected chi connectivity index (χ0v) is 12.4. The molecular formula is C12H18BrNOS. The third-order valence-corrected chi connectivity index (χ3v) is 4.47. The van der Waals surface area contributed by atoms with Crippen molar-refractivity contribution in [2.75, 3.05) is 13.6 Å². The maximum atomic E-state index is 12.0. The normalized spacial score (nSPS) is 11.4. The number of carbonyl (C=O) groups is 1. The topological polar surface area (TPSA) is 20.3 Å². The summed E-state index contributed by atoms with van der Waals surface area (Å²) in [5, 5.41) is 0. The number of hydrogen-bond acceptors (Lipinski definition) is 3. The molecule has 0 aliphatic carbocycles. The van der Waals surface area contributed by atoms with Crippen LogP contribution in [0.1, 0.15) is 36.4 Å². The molecule has 90 valence electrons. The lowest BCUT2D eigenvalue weighted by Crippen LogP contribution is -2.34. The highest BCUT2D eigenvalue weighted by atomic mass is 79.9. The van der Waals surface area contributed by atoms with Crippen LogP contribution in [0.4, 0.5) is 0 Å². The van der Waals surface area contributed by atoms with Crippen molar-refractivity contribution in [1.29, 1.82) is 0 Å². The Kier molecular flexibility index (Phi) is 5.66. The molecule has 0 aromatic carbocycles. The molecule has 0 atom stereocenters. The van der Waals surface area contributed by atoms with Gasteiger partial charge in [0.15, 0.2) is 5.78 Å². The summed E-state index contributed by atoms with van der Waals surface area (Å²) < 4.78 is 1.01. The molecule has 0 saturated heterocycles. The Morgan fingerprint density at radius 2 is 2.06 bits per heavy atom. The summed E-state index contributed by atoms with van der Waals surface area (Å²) in [6.45, 7) is 4.84. The van der Waals surface area contributed by atoms with E-state index in [9.17, 15) is 4.79 Å². The fraction of sp³-hybridized carbons (Fsp3) is 0.583. The molecule has 0 radical (unpaired) electrons. The van der Waals surface area contributed by atoms with Crippen LogP contribution in [0.2, 0.25) is 0 Å². The number of ketones is 1. The van der Waals surface area contributed by atoms with Gasteiger partial charge in [-0.05, 0) is 48.0 Å². The highest BCUT2D eigenvalue weighted by molar-refractivity contribution is 9.11. The molecule has 1 rings (SSSR count). The van der Waals surface area contributed by atoms with Crippen molar-refractivity contribution >= 4 is 33.0 Å². The molecule has 0 spiro atoms. The van der Waals surface area contributed by atoms with E-state index in [1.165, 1.54) is 11.3 Å². The van der Waals surface area contributed by atoms with E-state index >= 15 is 0 Å². The minimum atomic E-state index is 0.213. The molecule has 1 aromatic heterocycles. The van der Waals surface area contributed by atoms with Gasteiger partial charge in [0.1, 0.15) is 0 Å². The van der Waals surface area contributed by atoms with Gasteiger partial charge < -0.3 is 0 Å². The van der Waals surface area contributed by atoms with Gasteiger partial charge in [0.25, 0.3) is 0 Å². The summed E-state index contributed by atoms with van der Waals surface area (Å²) >= 11 is 4.88. The van der Waals surface area contributed by atoms with Crippen LogP contribution >= 0.6 is 27.3 Å². The van der Waals surface area contributed by atoms with Gasteiger partial charge >= 0.3 is 0 Å². The molecule has 0 saturated carbocycles. The molecule has 1 aromatic rings. The van der Waals surface area contributed by atoms with Gasteiger partial charge in [0.2, 0.25) is 0 Å². The van der Waals surface area contributed by atoms with Gasteiger partial charge in [0, 0.05) is 6.04 Å². The molecule has 16 heavy (non-hydrogen) atoms. The average molecular weight is 304 g/mol. The van der Waals surface area contributed by atoms with E-state index < -0.39 is 0 Å². The van der Waals surface area contributed by atoms with Crippen molar-refractivity contribution in [1.82, 2.24) is 4.90 Å². The summed E-state index contributed by atoms with van der Waals surface area (Å²) in [6.07, 6.45) is 2.18. The smallest absolute Gasteiger partial charge is 0.186 e.